The maximum absolute atomic E-state index is 11.4. The fourth-order valence-electron chi connectivity index (χ4n) is 1.55. The van der Waals surface area contributed by atoms with E-state index < -0.39 is 5.97 Å². The summed E-state index contributed by atoms with van der Waals surface area (Å²) in [5.41, 5.74) is 1.20. The van der Waals surface area contributed by atoms with Crippen molar-refractivity contribution in [3.05, 3.63) is 59.5 Å². The predicted molar refractivity (Wildman–Crippen MR) is 91.5 cm³/mol. The van der Waals surface area contributed by atoms with Crippen molar-refractivity contribution < 1.29 is 13.9 Å². The Morgan fingerprint density at radius 1 is 1.32 bits per heavy atom. The van der Waals surface area contributed by atoms with Gasteiger partial charge in [-0.15, -0.1) is 12.4 Å². The number of ether oxygens (including phenoxy) is 1. The number of carbonyl (C=O) groups is 1. The van der Waals surface area contributed by atoms with Crippen LogP contribution in [0, 0.1) is 0 Å². The van der Waals surface area contributed by atoms with Gasteiger partial charge < -0.3 is 9.15 Å². The number of carbonyl (C=O) groups excluding carboxylic acids is 1. The molecule has 0 fully saturated rings. The Hall–Kier alpha value is -1.94. The van der Waals surface area contributed by atoms with Crippen molar-refractivity contribution in [3.63, 3.8) is 0 Å². The molecule has 1 aromatic carbocycles. The lowest BCUT2D eigenvalue weighted by atomic mass is 10.2. The van der Waals surface area contributed by atoms with Crippen molar-refractivity contribution in [3.8, 4) is 0 Å². The third-order valence-electron chi connectivity index (χ3n) is 2.50. The number of esters is 1. The molecule has 4 nitrogen and oxygen atoms in total. The number of furan rings is 1. The van der Waals surface area contributed by atoms with Crippen molar-refractivity contribution in [1.29, 1.82) is 0 Å². The maximum Gasteiger partial charge on any atom is 0.374 e. The normalized spacial score (nSPS) is 9.32. The largest absolute Gasteiger partial charge is 0.460 e. The highest BCUT2D eigenvalue weighted by Gasteiger charge is 2.10. The first kappa shape index (κ1) is 18.1. The average Bonchev–Trinajstić information content (AvgIpc) is 2.97. The van der Waals surface area contributed by atoms with E-state index in [1.807, 2.05) is 30.3 Å². The number of rotatable bonds is 6. The van der Waals surface area contributed by atoms with Gasteiger partial charge in [0.2, 0.25) is 5.76 Å². The van der Waals surface area contributed by atoms with Gasteiger partial charge in [-0.05, 0) is 42.4 Å². The van der Waals surface area contributed by atoms with Gasteiger partial charge in [0.25, 0.3) is 0 Å². The second-order valence-corrected chi connectivity index (χ2v) is 4.78. The van der Waals surface area contributed by atoms with Crippen LogP contribution >= 0.6 is 24.4 Å². The lowest BCUT2D eigenvalue weighted by molar-refractivity contribution is 0.0489. The molecule has 1 aromatic heterocycles. The van der Waals surface area contributed by atoms with E-state index in [0.29, 0.717) is 12.4 Å². The average molecular weight is 338 g/mol. The molecule has 0 radical (unpaired) electrons. The summed E-state index contributed by atoms with van der Waals surface area (Å²) in [6, 6.07) is 13.3. The summed E-state index contributed by atoms with van der Waals surface area (Å²) in [6.45, 7) is 2.07. The molecule has 0 saturated heterocycles. The molecule has 0 atom stereocenters. The predicted octanol–water partition coefficient (Wildman–Crippen LogP) is 4.41. The molecule has 2 aromatic rings. The number of halogens is 1. The lowest BCUT2D eigenvalue weighted by Gasteiger charge is -1.95. The van der Waals surface area contributed by atoms with E-state index in [4.69, 9.17) is 9.15 Å². The first-order valence-corrected chi connectivity index (χ1v) is 7.45. The molecule has 2 rings (SSSR count). The molecule has 0 N–H and O–H groups in total. The maximum atomic E-state index is 11.4. The second kappa shape index (κ2) is 9.90. The highest BCUT2D eigenvalue weighted by Crippen LogP contribution is 2.12. The van der Waals surface area contributed by atoms with E-state index >= 15 is 0 Å². The molecular weight excluding hydrogens is 322 g/mol. The van der Waals surface area contributed by atoms with Crippen LogP contribution in [-0.4, -0.2) is 18.4 Å². The van der Waals surface area contributed by atoms with Crippen LogP contribution in [0.2, 0.25) is 0 Å². The molecule has 6 heteroatoms. The van der Waals surface area contributed by atoms with Gasteiger partial charge in [-0.1, -0.05) is 30.3 Å². The third-order valence-corrected chi connectivity index (χ3v) is 3.20. The highest BCUT2D eigenvalue weighted by molar-refractivity contribution is 7.97. The molecule has 0 saturated carbocycles. The monoisotopic (exact) mass is 337 g/mol. The van der Waals surface area contributed by atoms with Crippen molar-refractivity contribution in [2.45, 2.75) is 12.7 Å². The van der Waals surface area contributed by atoms with E-state index in [1.54, 1.807) is 25.1 Å². The molecule has 116 valence electrons. The molecule has 0 spiro atoms. The fraction of sp³-hybridized carbons (Fsp3) is 0.188. The van der Waals surface area contributed by atoms with Gasteiger partial charge >= 0.3 is 5.97 Å². The van der Waals surface area contributed by atoms with Gasteiger partial charge in [-0.2, -0.15) is 4.40 Å². The minimum atomic E-state index is -0.465. The second-order valence-electron chi connectivity index (χ2n) is 4.05. The first-order chi connectivity index (χ1) is 10.3. The molecule has 0 amide bonds. The van der Waals surface area contributed by atoms with Crippen LogP contribution in [0.4, 0.5) is 0 Å². The van der Waals surface area contributed by atoms with Gasteiger partial charge in [0.1, 0.15) is 5.76 Å². The zero-order valence-electron chi connectivity index (χ0n) is 12.0. The van der Waals surface area contributed by atoms with E-state index in [9.17, 15) is 4.79 Å². The van der Waals surface area contributed by atoms with Crippen LogP contribution < -0.4 is 0 Å². The van der Waals surface area contributed by atoms with Crippen LogP contribution in [0.15, 0.2) is 51.3 Å². The summed E-state index contributed by atoms with van der Waals surface area (Å²) in [5.74, 6) is 3.79. The number of benzene rings is 1. The first-order valence-electron chi connectivity index (χ1n) is 6.51. The molecule has 22 heavy (non-hydrogen) atoms. The van der Waals surface area contributed by atoms with Gasteiger partial charge in [-0.25, -0.2) is 4.79 Å². The van der Waals surface area contributed by atoms with E-state index in [0.717, 1.165) is 5.75 Å². The van der Waals surface area contributed by atoms with Gasteiger partial charge in [-0.3, -0.25) is 0 Å². The van der Waals surface area contributed by atoms with E-state index in [1.165, 1.54) is 17.5 Å². The van der Waals surface area contributed by atoms with Crippen molar-refractivity contribution in [2.75, 3.05) is 6.61 Å². The Kier molecular flexibility index (Phi) is 8.15. The lowest BCUT2D eigenvalue weighted by Crippen LogP contribution is -2.02. The molecule has 0 aliphatic carbocycles. The summed E-state index contributed by atoms with van der Waals surface area (Å²) >= 11 is 1.40. The summed E-state index contributed by atoms with van der Waals surface area (Å²) in [5, 5.41) is 0. The van der Waals surface area contributed by atoms with Crippen molar-refractivity contribution in [1.82, 2.24) is 0 Å². The summed E-state index contributed by atoms with van der Waals surface area (Å²) in [6.07, 6.45) is 1.58. The van der Waals surface area contributed by atoms with E-state index in [2.05, 4.69) is 10.3 Å². The Morgan fingerprint density at radius 3 is 2.82 bits per heavy atom. The van der Waals surface area contributed by atoms with Crippen LogP contribution in [-0.2, 0) is 10.5 Å². The zero-order chi connectivity index (χ0) is 14.9. The molecule has 0 aliphatic rings. The topological polar surface area (TPSA) is 51.8 Å². The Morgan fingerprint density at radius 2 is 2.09 bits per heavy atom. The Bertz CT molecular complexity index is 648. The van der Waals surface area contributed by atoms with Gasteiger partial charge in [0.05, 0.1) is 6.61 Å². The van der Waals surface area contributed by atoms with Crippen molar-refractivity contribution in [2.24, 2.45) is 4.40 Å². The third kappa shape index (κ3) is 5.82. The van der Waals surface area contributed by atoms with Crippen LogP contribution in [0.5, 0.6) is 0 Å². The smallest absolute Gasteiger partial charge is 0.374 e. The minimum absolute atomic E-state index is 0. The van der Waals surface area contributed by atoms with Crippen molar-refractivity contribution >= 4 is 42.3 Å². The van der Waals surface area contributed by atoms with Crippen LogP contribution in [0.1, 0.15) is 28.8 Å². The highest BCUT2D eigenvalue weighted by atomic mass is 35.5. The Labute approximate surface area is 139 Å². The number of nitrogens with zero attached hydrogens (tertiary/aromatic N) is 1. The summed E-state index contributed by atoms with van der Waals surface area (Å²) in [7, 11) is 0. The summed E-state index contributed by atoms with van der Waals surface area (Å²) in [4.78, 5) is 11.4. The SMILES string of the molecule is CCOC(=O)c1ccc(C=C=NSCc2ccccc2)o1.Cl. The fourth-order valence-corrected chi connectivity index (χ4v) is 2.08. The summed E-state index contributed by atoms with van der Waals surface area (Å²) < 4.78 is 14.2. The van der Waals surface area contributed by atoms with Gasteiger partial charge in [0, 0.05) is 11.8 Å². The van der Waals surface area contributed by atoms with Gasteiger partial charge in [0.15, 0.2) is 0 Å². The van der Waals surface area contributed by atoms with E-state index in [-0.39, 0.29) is 18.2 Å². The number of hydrogen-bond acceptors (Lipinski definition) is 5. The zero-order valence-corrected chi connectivity index (χ0v) is 13.7. The molecule has 1 heterocycles. The van der Waals surface area contributed by atoms with Crippen LogP contribution in [0.25, 0.3) is 6.08 Å². The standard InChI is InChI=1S/C16H15NO3S.ClH/c1-2-19-16(18)15-9-8-14(20-15)10-11-17-21-12-13-6-4-3-5-7-13;/h3-10H,2,12H2,1H3;1H. The molecule has 0 aliphatic heterocycles. The van der Waals surface area contributed by atoms with Crippen LogP contribution in [0.3, 0.4) is 0 Å². The quantitative estimate of drug-likeness (QED) is 0.445. The number of hydrogen-bond donors (Lipinski definition) is 0. The minimum Gasteiger partial charge on any atom is -0.460 e. The molecular formula is C16H16ClNO3S. The molecule has 0 bridgehead atoms. The Balaban J connectivity index is 0.00000242. The molecule has 0 unspecified atom stereocenters.